The average Bonchev–Trinajstić information content (AvgIpc) is 3.93. The smallest absolute Gasteiger partial charge is 0.227 e. The van der Waals surface area contributed by atoms with E-state index in [1.165, 1.54) is 28.3 Å². The van der Waals surface area contributed by atoms with Gasteiger partial charge < -0.3 is 15.6 Å². The summed E-state index contributed by atoms with van der Waals surface area (Å²) in [7, 11) is 0. The van der Waals surface area contributed by atoms with Gasteiger partial charge in [-0.15, -0.1) is 6.58 Å². The van der Waals surface area contributed by atoms with Gasteiger partial charge in [0.15, 0.2) is 0 Å². The van der Waals surface area contributed by atoms with Gasteiger partial charge in [-0.1, -0.05) is 146 Å². The summed E-state index contributed by atoms with van der Waals surface area (Å²) in [6.07, 6.45) is 13.4. The third-order valence-corrected chi connectivity index (χ3v) is 13.1. The van der Waals surface area contributed by atoms with Crippen LogP contribution in [0.3, 0.4) is 0 Å². The van der Waals surface area contributed by atoms with Gasteiger partial charge in [-0.3, -0.25) is 4.79 Å². The number of halogens is 2. The molecule has 0 bridgehead atoms. The van der Waals surface area contributed by atoms with Crippen molar-refractivity contribution in [2.24, 2.45) is 23.0 Å². The predicted octanol–water partition coefficient (Wildman–Crippen LogP) is 14.3. The first-order chi connectivity index (χ1) is 30.8. The van der Waals surface area contributed by atoms with Crippen LogP contribution in [0.4, 0.5) is 8.78 Å². The van der Waals surface area contributed by atoms with E-state index >= 15 is 9.18 Å². The Morgan fingerprint density at radius 3 is 2.27 bits per heavy atom. The monoisotopic (exact) mass is 867 g/mol. The maximum atomic E-state index is 15.4. The van der Waals surface area contributed by atoms with Gasteiger partial charge in [-0.25, -0.2) is 8.78 Å². The molecule has 1 amide bonds. The van der Waals surface area contributed by atoms with Crippen molar-refractivity contribution in [3.63, 3.8) is 0 Å². The number of nitrogens with zero attached hydrogens (tertiary/aromatic N) is 2. The van der Waals surface area contributed by atoms with Gasteiger partial charge in [-0.05, 0) is 125 Å². The number of benzene rings is 3. The summed E-state index contributed by atoms with van der Waals surface area (Å²) in [6.45, 7) is 24.9. The van der Waals surface area contributed by atoms with E-state index in [-0.39, 0.29) is 47.4 Å². The Balaban J connectivity index is 0.000000737. The molecular formula is C57H72F2N4O. The maximum Gasteiger partial charge on any atom is 0.227 e. The second-order valence-corrected chi connectivity index (χ2v) is 17.2. The second kappa shape index (κ2) is 23.9. The molecule has 4 aromatic rings. The van der Waals surface area contributed by atoms with Crippen molar-refractivity contribution < 1.29 is 13.6 Å². The van der Waals surface area contributed by atoms with Crippen molar-refractivity contribution in [2.75, 3.05) is 6.54 Å². The van der Waals surface area contributed by atoms with Crippen LogP contribution < -0.4 is 5.73 Å². The molecule has 5 atom stereocenters. The topological polar surface area (TPSA) is 85.9 Å². The molecule has 2 heterocycles. The van der Waals surface area contributed by atoms with Crippen LogP contribution >= 0.6 is 0 Å². The summed E-state index contributed by atoms with van der Waals surface area (Å²) in [4.78, 5) is 20.9. The third-order valence-electron chi connectivity index (χ3n) is 13.1. The number of rotatable bonds is 11. The van der Waals surface area contributed by atoms with Crippen LogP contribution in [0.2, 0.25) is 0 Å². The number of carbonyl (C=O) groups is 1. The number of nitrogens with one attached hydrogen (secondary N) is 1. The van der Waals surface area contributed by atoms with Crippen molar-refractivity contribution in [1.82, 2.24) is 9.88 Å². The molecule has 7 rings (SSSR count). The average molecular weight is 867 g/mol. The molecule has 64 heavy (non-hydrogen) atoms. The van der Waals surface area contributed by atoms with Gasteiger partial charge in [0.2, 0.25) is 5.91 Å². The van der Waals surface area contributed by atoms with E-state index in [1.807, 2.05) is 75.9 Å². The van der Waals surface area contributed by atoms with Crippen molar-refractivity contribution in [2.45, 2.75) is 126 Å². The molecule has 3 aliphatic rings. The van der Waals surface area contributed by atoms with Crippen molar-refractivity contribution >= 4 is 11.5 Å². The molecule has 1 aliphatic heterocycles. The first-order valence-electron chi connectivity index (χ1n) is 23.4. The Labute approximate surface area is 383 Å². The lowest BCUT2D eigenvalue weighted by Crippen LogP contribution is -2.47. The minimum atomic E-state index is -0.421. The third kappa shape index (κ3) is 12.0. The molecule has 5 nitrogen and oxygen atoms in total. The minimum absolute atomic E-state index is 0.0300. The lowest BCUT2D eigenvalue weighted by Gasteiger charge is -2.46. The van der Waals surface area contributed by atoms with Gasteiger partial charge in [0.1, 0.15) is 11.6 Å². The number of aromatic nitrogens is 1. The Morgan fingerprint density at radius 1 is 1.00 bits per heavy atom. The fourth-order valence-corrected chi connectivity index (χ4v) is 9.54. The zero-order chi connectivity index (χ0) is 47.1. The summed E-state index contributed by atoms with van der Waals surface area (Å²) in [5.41, 5.74) is 16.9. The van der Waals surface area contributed by atoms with Crippen LogP contribution in [0.5, 0.6) is 0 Å². The Kier molecular flexibility index (Phi) is 19.1. The van der Waals surface area contributed by atoms with E-state index in [0.29, 0.717) is 32.2 Å². The molecule has 0 saturated heterocycles. The number of carbonyl (C=O) groups excluding carboxylic acids is 1. The van der Waals surface area contributed by atoms with Crippen LogP contribution in [0.25, 0.3) is 5.57 Å². The molecule has 1 aromatic heterocycles. The second-order valence-electron chi connectivity index (χ2n) is 17.2. The molecule has 7 heteroatoms. The van der Waals surface area contributed by atoms with Gasteiger partial charge in [0.25, 0.3) is 0 Å². The highest BCUT2D eigenvalue weighted by Crippen LogP contribution is 2.52. The number of amides is 1. The Morgan fingerprint density at radius 2 is 1.66 bits per heavy atom. The van der Waals surface area contributed by atoms with Gasteiger partial charge >= 0.3 is 0 Å². The highest BCUT2D eigenvalue weighted by atomic mass is 19.1. The molecule has 0 fully saturated rings. The number of aromatic amines is 1. The number of nitriles is 1. The number of allylic oxidation sites excluding steroid dienone is 6. The lowest BCUT2D eigenvalue weighted by atomic mass is 9.59. The molecule has 0 saturated carbocycles. The van der Waals surface area contributed by atoms with Crippen molar-refractivity contribution in [3.05, 3.63) is 183 Å². The van der Waals surface area contributed by atoms with Gasteiger partial charge in [0.05, 0.1) is 18.5 Å². The molecule has 0 spiro atoms. The van der Waals surface area contributed by atoms with Gasteiger partial charge in [-0.2, -0.15) is 5.26 Å². The number of aryl methyl sites for hydroxylation is 2. The lowest BCUT2D eigenvalue weighted by molar-refractivity contribution is -0.139. The minimum Gasteiger partial charge on any atom is -0.365 e. The van der Waals surface area contributed by atoms with Crippen molar-refractivity contribution in [3.8, 4) is 6.07 Å². The number of hydrogen-bond donors (Lipinski definition) is 2. The first-order valence-corrected chi connectivity index (χ1v) is 23.4. The standard InChI is InChI=1S/C48H52F2N2O.C5H8N2.2C2H6/c1-7-33(22-31(3)34-14-10-8-11-15-34)42-26-39(50)20-21-44(42)48(5,6)45-27-41-32(4)51-28-36(41)23-43(45)47(53)52-29-37(40-25-38(49)19-18-30(40)2)24-46(52)35-16-12-9-13-17-35;1-2-5(7)3-4-6;2*1-2/h8-19,22,24-26,28,31,43,45-46,51H,7,20-21,23,27,29H2,1-6H3;2,5H,1,3,7H2;2*1-2H3/b33-22+;;;. The first kappa shape index (κ1) is 51.1. The normalized spacial score (nSPS) is 19.2. The van der Waals surface area contributed by atoms with Crippen LogP contribution in [-0.2, 0) is 17.6 Å². The van der Waals surface area contributed by atoms with E-state index < -0.39 is 5.41 Å². The fourth-order valence-electron chi connectivity index (χ4n) is 9.54. The van der Waals surface area contributed by atoms with Crippen LogP contribution in [0, 0.1) is 48.2 Å². The van der Waals surface area contributed by atoms with Crippen LogP contribution in [0.1, 0.15) is 132 Å². The molecule has 3 aromatic carbocycles. The number of H-pyrrole nitrogens is 1. The molecule has 0 radical (unpaired) electrons. The van der Waals surface area contributed by atoms with E-state index in [2.05, 4.69) is 101 Å². The van der Waals surface area contributed by atoms with Crippen LogP contribution in [0.15, 0.2) is 138 Å². The predicted molar refractivity (Wildman–Crippen MR) is 263 cm³/mol. The number of fused-ring (bicyclic) bond motifs is 1. The molecule has 5 unspecified atom stereocenters. The Bertz CT molecular complexity index is 2340. The summed E-state index contributed by atoms with van der Waals surface area (Å²) in [5, 5.41) is 7.99. The van der Waals surface area contributed by atoms with Crippen LogP contribution in [-0.4, -0.2) is 28.4 Å². The van der Waals surface area contributed by atoms with E-state index in [9.17, 15) is 4.39 Å². The summed E-state index contributed by atoms with van der Waals surface area (Å²) < 4.78 is 30.0. The zero-order valence-corrected chi connectivity index (χ0v) is 40.1. The van der Waals surface area contributed by atoms with Gasteiger partial charge in [0, 0.05) is 36.8 Å². The SMILES string of the molecule is C=CC(N)CC#N.CC.CC.CC/C(=C\C(C)c1ccccc1)C1=C(C(C)(C)C2Cc3c(c[nH]c3C)CC2C(=O)N2CC(c3cc(F)ccc3C)=CC2c2ccccc2)CCC(F)=C1. The Hall–Kier alpha value is -5.58. The number of nitrogens with two attached hydrogens (primary N) is 1. The highest BCUT2D eigenvalue weighted by molar-refractivity contribution is 5.86. The fraction of sp³-hybridized carbons (Fsp3) is 0.404. The molecule has 2 aliphatic carbocycles. The zero-order valence-electron chi connectivity index (χ0n) is 40.1. The van der Waals surface area contributed by atoms with E-state index in [0.717, 1.165) is 51.9 Å². The summed E-state index contributed by atoms with van der Waals surface area (Å²) >= 11 is 0. The molecular weight excluding hydrogens is 795 g/mol. The molecule has 340 valence electrons. The quantitative estimate of drug-likeness (QED) is 0.147. The van der Waals surface area contributed by atoms with Crippen molar-refractivity contribution in [1.29, 1.82) is 5.26 Å². The van der Waals surface area contributed by atoms with E-state index in [1.54, 1.807) is 18.2 Å². The highest BCUT2D eigenvalue weighted by Gasteiger charge is 2.48. The largest absolute Gasteiger partial charge is 0.365 e. The van der Waals surface area contributed by atoms with E-state index in [4.69, 9.17) is 11.0 Å². The maximum absolute atomic E-state index is 15.4. The summed E-state index contributed by atoms with van der Waals surface area (Å²) in [5.74, 6) is -0.410. The number of hydrogen-bond acceptors (Lipinski definition) is 3. The summed E-state index contributed by atoms with van der Waals surface area (Å²) in [6, 6.07) is 27.1. The molecule has 3 N–H and O–H groups in total.